The van der Waals surface area contributed by atoms with Crippen LogP contribution in [-0.4, -0.2) is 61.8 Å². The molecule has 2 amide bonds. The number of carbonyl (C=O) groups is 1. The van der Waals surface area contributed by atoms with E-state index in [0.29, 0.717) is 38.8 Å². The molecule has 0 unspecified atom stereocenters. The van der Waals surface area contributed by atoms with Crippen molar-refractivity contribution in [2.45, 2.75) is 33.2 Å². The highest BCUT2D eigenvalue weighted by molar-refractivity contribution is 6.60. The number of rotatable bonds is 11. The van der Waals surface area contributed by atoms with E-state index < -0.39 is 8.80 Å². The number of nitrogens with one attached hydrogen (secondary N) is 3. The smallest absolute Gasteiger partial charge is 0.374 e. The predicted octanol–water partition coefficient (Wildman–Crippen LogP) is 0.760. The molecule has 126 valence electrons. The Morgan fingerprint density at radius 3 is 2.32 bits per heavy atom. The van der Waals surface area contributed by atoms with Gasteiger partial charge in [0.05, 0.1) is 0 Å². The number of aromatic nitrogens is 4. The van der Waals surface area contributed by atoms with Crippen LogP contribution in [0.1, 0.15) is 27.2 Å². The maximum absolute atomic E-state index is 11.6. The Balaban J connectivity index is 2.33. The Labute approximate surface area is 130 Å². The van der Waals surface area contributed by atoms with Crippen molar-refractivity contribution in [3.8, 4) is 0 Å². The molecular weight excluding hydrogens is 308 g/mol. The topological polar surface area (TPSA) is 123 Å². The molecule has 1 aromatic rings. The minimum Gasteiger partial charge on any atom is -0.374 e. The number of anilines is 1. The zero-order valence-electron chi connectivity index (χ0n) is 13.2. The maximum Gasteiger partial charge on any atom is 0.500 e. The molecule has 0 aliphatic carbocycles. The van der Waals surface area contributed by atoms with E-state index in [1.54, 1.807) is 0 Å². The number of H-pyrrole nitrogens is 1. The van der Waals surface area contributed by atoms with Crippen molar-refractivity contribution in [3.63, 3.8) is 0 Å². The first-order chi connectivity index (χ1) is 10.7. The fourth-order valence-electron chi connectivity index (χ4n) is 1.87. The first-order valence-electron chi connectivity index (χ1n) is 7.36. The lowest BCUT2D eigenvalue weighted by atomic mass is 10.5. The minimum absolute atomic E-state index is 0.194. The molecule has 0 atom stereocenters. The van der Waals surface area contributed by atoms with Crippen LogP contribution >= 0.6 is 0 Å². The molecule has 0 aliphatic rings. The van der Waals surface area contributed by atoms with E-state index in [0.717, 1.165) is 0 Å². The van der Waals surface area contributed by atoms with Crippen LogP contribution in [0.3, 0.4) is 0 Å². The van der Waals surface area contributed by atoms with Crippen LogP contribution in [-0.2, 0) is 13.3 Å². The summed E-state index contributed by atoms with van der Waals surface area (Å²) >= 11 is 0. The number of carbonyl (C=O) groups excluding carboxylic acids is 1. The third kappa shape index (κ3) is 6.47. The lowest BCUT2D eigenvalue weighted by Gasteiger charge is -2.28. The number of hydrogen-bond donors (Lipinski definition) is 3. The molecule has 0 aliphatic heterocycles. The van der Waals surface area contributed by atoms with Crippen LogP contribution in [0.15, 0.2) is 0 Å². The lowest BCUT2D eigenvalue weighted by molar-refractivity contribution is 0.0708. The summed E-state index contributed by atoms with van der Waals surface area (Å²) in [4.78, 5) is 11.6. The van der Waals surface area contributed by atoms with E-state index in [9.17, 15) is 4.79 Å². The van der Waals surface area contributed by atoms with Crippen LogP contribution in [0.25, 0.3) is 0 Å². The maximum atomic E-state index is 11.6. The molecule has 0 saturated carbocycles. The number of hydrogen-bond acceptors (Lipinski definition) is 7. The van der Waals surface area contributed by atoms with Gasteiger partial charge in [0, 0.05) is 32.4 Å². The van der Waals surface area contributed by atoms with Crippen LogP contribution in [0.2, 0.25) is 6.04 Å². The number of urea groups is 1. The van der Waals surface area contributed by atoms with Gasteiger partial charge in [0.2, 0.25) is 5.95 Å². The second kappa shape index (κ2) is 10.2. The Morgan fingerprint density at radius 2 is 1.82 bits per heavy atom. The van der Waals surface area contributed by atoms with Crippen molar-refractivity contribution in [1.82, 2.24) is 25.9 Å². The Kier molecular flexibility index (Phi) is 8.58. The van der Waals surface area contributed by atoms with Gasteiger partial charge in [-0.3, -0.25) is 5.32 Å². The second-order valence-electron chi connectivity index (χ2n) is 4.22. The lowest BCUT2D eigenvalue weighted by Crippen LogP contribution is -2.46. The normalized spacial score (nSPS) is 11.4. The molecule has 10 nitrogen and oxygen atoms in total. The molecule has 1 rings (SSSR count). The van der Waals surface area contributed by atoms with Crippen LogP contribution in [0, 0.1) is 0 Å². The summed E-state index contributed by atoms with van der Waals surface area (Å²) in [5.41, 5.74) is 0. The molecule has 0 spiro atoms. The van der Waals surface area contributed by atoms with Crippen molar-refractivity contribution in [2.75, 3.05) is 31.7 Å². The van der Waals surface area contributed by atoms with E-state index in [2.05, 4.69) is 31.3 Å². The number of amides is 2. The average Bonchev–Trinajstić information content (AvgIpc) is 2.97. The number of aromatic amines is 1. The third-order valence-electron chi connectivity index (χ3n) is 2.62. The standard InChI is InChI=1S/C11H24N6O4Si/c1-4-19-22(20-5-2,21-6-3)9-7-8-12-11(18)13-10-14-16-17-15-10/h4-9H2,1-3H3,(H3,12,13,14,15,16,17,18). The van der Waals surface area contributed by atoms with Gasteiger partial charge in [0.15, 0.2) is 0 Å². The molecule has 1 aromatic heterocycles. The van der Waals surface area contributed by atoms with Crippen molar-refractivity contribution < 1.29 is 18.1 Å². The van der Waals surface area contributed by atoms with Crippen molar-refractivity contribution >= 4 is 20.8 Å². The highest BCUT2D eigenvalue weighted by atomic mass is 28.4. The van der Waals surface area contributed by atoms with Gasteiger partial charge >= 0.3 is 14.8 Å². The zero-order chi connectivity index (χ0) is 16.3. The summed E-state index contributed by atoms with van der Waals surface area (Å²) in [5, 5.41) is 17.9. The van der Waals surface area contributed by atoms with Crippen molar-refractivity contribution in [1.29, 1.82) is 0 Å². The fraction of sp³-hybridized carbons (Fsp3) is 0.818. The second-order valence-corrected chi connectivity index (χ2v) is 6.95. The fourth-order valence-corrected chi connectivity index (χ4v) is 4.48. The van der Waals surface area contributed by atoms with Crippen LogP contribution < -0.4 is 10.6 Å². The Bertz CT molecular complexity index is 402. The highest BCUT2D eigenvalue weighted by Crippen LogP contribution is 2.17. The Hall–Kier alpha value is -1.56. The largest absolute Gasteiger partial charge is 0.500 e. The summed E-state index contributed by atoms with van der Waals surface area (Å²) < 4.78 is 17.2. The minimum atomic E-state index is -2.64. The molecule has 0 fully saturated rings. The molecule has 1 heterocycles. The summed E-state index contributed by atoms with van der Waals surface area (Å²) in [5.74, 6) is 0.194. The van der Waals surface area contributed by atoms with Crippen molar-refractivity contribution in [3.05, 3.63) is 0 Å². The molecule has 0 aromatic carbocycles. The third-order valence-corrected chi connectivity index (χ3v) is 5.77. The van der Waals surface area contributed by atoms with E-state index in [1.165, 1.54) is 0 Å². The van der Waals surface area contributed by atoms with Gasteiger partial charge < -0.3 is 18.6 Å². The number of nitrogens with zero attached hydrogens (tertiary/aromatic N) is 3. The summed E-state index contributed by atoms with van der Waals surface area (Å²) in [6.07, 6.45) is 0.689. The van der Waals surface area contributed by atoms with E-state index in [4.69, 9.17) is 13.3 Å². The molecule has 0 radical (unpaired) electrons. The SMILES string of the molecule is CCO[Si](CCCNC(=O)Nc1nnn[nH]1)(OCC)OCC. The van der Waals surface area contributed by atoms with Crippen LogP contribution in [0.4, 0.5) is 10.7 Å². The van der Waals surface area contributed by atoms with Gasteiger partial charge in [-0.2, -0.15) is 0 Å². The van der Waals surface area contributed by atoms with E-state index >= 15 is 0 Å². The summed E-state index contributed by atoms with van der Waals surface area (Å²) in [7, 11) is -2.64. The van der Waals surface area contributed by atoms with Gasteiger partial charge in [0.1, 0.15) is 0 Å². The average molecular weight is 332 g/mol. The summed E-state index contributed by atoms with van der Waals surface area (Å²) in [6.45, 7) is 7.83. The van der Waals surface area contributed by atoms with Crippen molar-refractivity contribution in [2.24, 2.45) is 0 Å². The van der Waals surface area contributed by atoms with Gasteiger partial charge in [0.25, 0.3) is 0 Å². The summed E-state index contributed by atoms with van der Waals surface area (Å²) in [6, 6.07) is 0.266. The zero-order valence-corrected chi connectivity index (χ0v) is 14.2. The van der Waals surface area contributed by atoms with Crippen LogP contribution in [0.5, 0.6) is 0 Å². The van der Waals surface area contributed by atoms with Gasteiger partial charge in [-0.05, 0) is 37.6 Å². The molecular formula is C11H24N6O4Si. The highest BCUT2D eigenvalue weighted by Gasteiger charge is 2.39. The quantitative estimate of drug-likeness (QED) is 0.404. The first kappa shape index (κ1) is 18.5. The predicted molar refractivity (Wildman–Crippen MR) is 81.3 cm³/mol. The number of tetrazole rings is 1. The molecule has 11 heteroatoms. The molecule has 0 bridgehead atoms. The van der Waals surface area contributed by atoms with E-state index in [-0.39, 0.29) is 12.0 Å². The van der Waals surface area contributed by atoms with Gasteiger partial charge in [-0.25, -0.2) is 9.89 Å². The van der Waals surface area contributed by atoms with Gasteiger partial charge in [-0.15, -0.1) is 0 Å². The molecule has 0 saturated heterocycles. The Morgan fingerprint density at radius 1 is 1.18 bits per heavy atom. The monoisotopic (exact) mass is 332 g/mol. The van der Waals surface area contributed by atoms with Gasteiger partial charge in [-0.1, -0.05) is 5.10 Å². The molecule has 22 heavy (non-hydrogen) atoms. The first-order valence-corrected chi connectivity index (χ1v) is 9.29. The van der Waals surface area contributed by atoms with E-state index in [1.807, 2.05) is 20.8 Å². The molecule has 3 N–H and O–H groups in total.